The third-order valence-electron chi connectivity index (χ3n) is 3.90. The Labute approximate surface area is 140 Å². The molecule has 0 aliphatic carbocycles. The molecule has 0 aliphatic heterocycles. The SMILES string of the molecule is COc1cccc2nc(N)nc(N[C@@H](C)[C@H](O)c3ccccc3)c12. The fourth-order valence-corrected chi connectivity index (χ4v) is 2.68. The number of nitrogen functional groups attached to an aromatic ring is 1. The van der Waals surface area contributed by atoms with Gasteiger partial charge in [-0.2, -0.15) is 4.98 Å². The van der Waals surface area contributed by atoms with Crippen LogP contribution in [0.5, 0.6) is 5.75 Å². The molecule has 0 unspecified atom stereocenters. The summed E-state index contributed by atoms with van der Waals surface area (Å²) >= 11 is 0. The Kier molecular flexibility index (Phi) is 4.48. The van der Waals surface area contributed by atoms with E-state index in [9.17, 15) is 5.11 Å². The Balaban J connectivity index is 1.97. The molecule has 3 rings (SSSR count). The molecular formula is C18H20N4O2. The summed E-state index contributed by atoms with van der Waals surface area (Å²) in [5.41, 5.74) is 7.33. The van der Waals surface area contributed by atoms with Crippen LogP contribution in [0.3, 0.4) is 0 Å². The van der Waals surface area contributed by atoms with Crippen LogP contribution in [0.1, 0.15) is 18.6 Å². The second-order valence-corrected chi connectivity index (χ2v) is 5.57. The first-order valence-electron chi connectivity index (χ1n) is 7.70. The van der Waals surface area contributed by atoms with Gasteiger partial charge in [0.15, 0.2) is 0 Å². The number of nitrogens with one attached hydrogen (secondary N) is 1. The molecule has 124 valence electrons. The summed E-state index contributed by atoms with van der Waals surface area (Å²) in [7, 11) is 1.59. The van der Waals surface area contributed by atoms with Gasteiger partial charge in [-0.15, -0.1) is 0 Å². The zero-order chi connectivity index (χ0) is 17.1. The molecule has 0 spiro atoms. The van der Waals surface area contributed by atoms with Crippen LogP contribution in [0.15, 0.2) is 48.5 Å². The number of rotatable bonds is 5. The van der Waals surface area contributed by atoms with Crippen LogP contribution in [-0.2, 0) is 0 Å². The number of aliphatic hydroxyl groups excluding tert-OH is 1. The van der Waals surface area contributed by atoms with Gasteiger partial charge >= 0.3 is 0 Å². The third kappa shape index (κ3) is 3.09. The average molecular weight is 324 g/mol. The van der Waals surface area contributed by atoms with E-state index in [-0.39, 0.29) is 12.0 Å². The largest absolute Gasteiger partial charge is 0.496 e. The molecule has 2 aromatic carbocycles. The standard InChI is InChI=1S/C18H20N4O2/c1-11(16(23)12-7-4-3-5-8-12)20-17-15-13(21-18(19)22-17)9-6-10-14(15)24-2/h3-11,16,23H,1-2H3,(H3,19,20,21,22)/t11-,16-/m0/s1. The van der Waals surface area contributed by atoms with E-state index in [0.29, 0.717) is 17.1 Å². The highest BCUT2D eigenvalue weighted by atomic mass is 16.5. The van der Waals surface area contributed by atoms with Gasteiger partial charge in [-0.05, 0) is 24.6 Å². The Hall–Kier alpha value is -2.86. The minimum absolute atomic E-state index is 0.166. The van der Waals surface area contributed by atoms with Crippen molar-refractivity contribution < 1.29 is 9.84 Å². The number of fused-ring (bicyclic) bond motifs is 1. The average Bonchev–Trinajstić information content (AvgIpc) is 2.60. The molecule has 24 heavy (non-hydrogen) atoms. The maximum absolute atomic E-state index is 10.5. The van der Waals surface area contributed by atoms with Crippen molar-refractivity contribution in [2.24, 2.45) is 0 Å². The number of hydrogen-bond acceptors (Lipinski definition) is 6. The lowest BCUT2D eigenvalue weighted by molar-refractivity contribution is 0.160. The van der Waals surface area contributed by atoms with E-state index in [1.165, 1.54) is 0 Å². The van der Waals surface area contributed by atoms with Crippen molar-refractivity contribution >= 4 is 22.7 Å². The molecule has 0 aliphatic rings. The first-order chi connectivity index (χ1) is 11.6. The molecule has 3 aromatic rings. The monoisotopic (exact) mass is 324 g/mol. The lowest BCUT2D eigenvalue weighted by Gasteiger charge is -2.22. The van der Waals surface area contributed by atoms with Crippen molar-refractivity contribution in [1.29, 1.82) is 0 Å². The van der Waals surface area contributed by atoms with Gasteiger partial charge in [-0.25, -0.2) is 4.98 Å². The van der Waals surface area contributed by atoms with Gasteiger partial charge in [0.1, 0.15) is 11.6 Å². The van der Waals surface area contributed by atoms with Gasteiger partial charge in [-0.3, -0.25) is 0 Å². The second kappa shape index (κ2) is 6.72. The van der Waals surface area contributed by atoms with Gasteiger partial charge in [0.25, 0.3) is 0 Å². The van der Waals surface area contributed by atoms with E-state index in [2.05, 4.69) is 15.3 Å². The molecule has 4 N–H and O–H groups in total. The second-order valence-electron chi connectivity index (χ2n) is 5.57. The molecule has 0 amide bonds. The minimum atomic E-state index is -0.688. The molecule has 0 bridgehead atoms. The fraction of sp³-hybridized carbons (Fsp3) is 0.222. The Morgan fingerprint density at radius 3 is 2.54 bits per heavy atom. The highest BCUT2D eigenvalue weighted by Gasteiger charge is 2.19. The van der Waals surface area contributed by atoms with E-state index in [4.69, 9.17) is 10.5 Å². The fourth-order valence-electron chi connectivity index (χ4n) is 2.68. The van der Waals surface area contributed by atoms with Crippen LogP contribution >= 0.6 is 0 Å². The zero-order valence-electron chi connectivity index (χ0n) is 13.6. The molecule has 1 heterocycles. The summed E-state index contributed by atoms with van der Waals surface area (Å²) in [6, 6.07) is 14.7. The molecular weight excluding hydrogens is 304 g/mol. The number of ether oxygens (including phenoxy) is 1. The van der Waals surface area contributed by atoms with Gasteiger partial charge in [0.2, 0.25) is 5.95 Å². The normalized spacial score (nSPS) is 13.5. The molecule has 0 fully saturated rings. The molecule has 0 saturated heterocycles. The maximum Gasteiger partial charge on any atom is 0.222 e. The van der Waals surface area contributed by atoms with Crippen molar-refractivity contribution in [3.63, 3.8) is 0 Å². The van der Waals surface area contributed by atoms with Crippen molar-refractivity contribution in [2.45, 2.75) is 19.1 Å². The zero-order valence-corrected chi connectivity index (χ0v) is 13.6. The van der Waals surface area contributed by atoms with Gasteiger partial charge in [-0.1, -0.05) is 36.4 Å². The summed E-state index contributed by atoms with van der Waals surface area (Å²) in [5, 5.41) is 14.5. The Morgan fingerprint density at radius 2 is 1.83 bits per heavy atom. The maximum atomic E-state index is 10.5. The number of methoxy groups -OCH3 is 1. The van der Waals surface area contributed by atoms with Crippen LogP contribution < -0.4 is 15.8 Å². The molecule has 6 heteroatoms. The van der Waals surface area contributed by atoms with Crippen LogP contribution in [-0.4, -0.2) is 28.2 Å². The Bertz CT molecular complexity index is 839. The highest BCUT2D eigenvalue weighted by Crippen LogP contribution is 2.32. The number of aliphatic hydroxyl groups is 1. The van der Waals surface area contributed by atoms with Crippen LogP contribution in [0.25, 0.3) is 10.9 Å². The van der Waals surface area contributed by atoms with E-state index >= 15 is 0 Å². The molecule has 6 nitrogen and oxygen atoms in total. The van der Waals surface area contributed by atoms with Crippen LogP contribution in [0.4, 0.5) is 11.8 Å². The smallest absolute Gasteiger partial charge is 0.222 e. The van der Waals surface area contributed by atoms with Gasteiger partial charge in [0, 0.05) is 0 Å². The van der Waals surface area contributed by atoms with Crippen LogP contribution in [0.2, 0.25) is 0 Å². The number of nitrogens with zero attached hydrogens (tertiary/aromatic N) is 2. The van der Waals surface area contributed by atoms with Gasteiger partial charge < -0.3 is 20.9 Å². The first kappa shape index (κ1) is 16.0. The summed E-state index contributed by atoms with van der Waals surface area (Å²) < 4.78 is 5.41. The van der Waals surface area contributed by atoms with Crippen molar-refractivity contribution in [2.75, 3.05) is 18.2 Å². The van der Waals surface area contributed by atoms with E-state index in [1.54, 1.807) is 7.11 Å². The van der Waals surface area contributed by atoms with Crippen molar-refractivity contribution in [3.8, 4) is 5.75 Å². The summed E-state index contributed by atoms with van der Waals surface area (Å²) in [6.07, 6.45) is -0.688. The predicted molar refractivity (Wildman–Crippen MR) is 95.0 cm³/mol. The van der Waals surface area contributed by atoms with Crippen molar-refractivity contribution in [3.05, 3.63) is 54.1 Å². The van der Waals surface area contributed by atoms with E-state index < -0.39 is 6.10 Å². The number of benzene rings is 2. The molecule has 0 saturated carbocycles. The number of nitrogens with two attached hydrogens (primary N) is 1. The quantitative estimate of drug-likeness (QED) is 0.668. The molecule has 1 aromatic heterocycles. The van der Waals surface area contributed by atoms with E-state index in [1.807, 2.05) is 55.5 Å². The number of hydrogen-bond donors (Lipinski definition) is 3. The summed E-state index contributed by atoms with van der Waals surface area (Å²) in [4.78, 5) is 8.53. The third-order valence-corrected chi connectivity index (χ3v) is 3.90. The van der Waals surface area contributed by atoms with Crippen molar-refractivity contribution in [1.82, 2.24) is 9.97 Å². The Morgan fingerprint density at radius 1 is 1.08 bits per heavy atom. The lowest BCUT2D eigenvalue weighted by atomic mass is 10.0. The number of aromatic nitrogens is 2. The molecule has 0 radical (unpaired) electrons. The predicted octanol–water partition coefficient (Wildman–Crippen LogP) is 2.75. The summed E-state index contributed by atoms with van der Waals surface area (Å²) in [6.45, 7) is 1.89. The topological polar surface area (TPSA) is 93.3 Å². The lowest BCUT2D eigenvalue weighted by Crippen LogP contribution is -2.25. The van der Waals surface area contributed by atoms with Gasteiger partial charge in [0.05, 0.1) is 30.2 Å². The number of anilines is 2. The summed E-state index contributed by atoms with van der Waals surface area (Å²) in [5.74, 6) is 1.36. The molecule has 2 atom stereocenters. The van der Waals surface area contributed by atoms with Crippen LogP contribution in [0, 0.1) is 0 Å². The minimum Gasteiger partial charge on any atom is -0.496 e. The highest BCUT2D eigenvalue weighted by molar-refractivity contribution is 5.95. The first-order valence-corrected chi connectivity index (χ1v) is 7.70. The van der Waals surface area contributed by atoms with E-state index in [0.717, 1.165) is 10.9 Å².